The quantitative estimate of drug-likeness (QED) is 0.596. The third kappa shape index (κ3) is 8.21. The van der Waals surface area contributed by atoms with Crippen molar-refractivity contribution in [1.29, 1.82) is 5.26 Å². The van der Waals surface area contributed by atoms with Gasteiger partial charge in [0.05, 0.1) is 11.5 Å². The van der Waals surface area contributed by atoms with Gasteiger partial charge in [0.15, 0.2) is 0 Å². The second-order valence-electron chi connectivity index (χ2n) is 6.44. The minimum atomic E-state index is -0.152. The van der Waals surface area contributed by atoms with Crippen molar-refractivity contribution in [2.24, 2.45) is 11.3 Å². The molecule has 0 spiro atoms. The first-order chi connectivity index (χ1) is 7.78. The molecular weight excluding hydrogens is 208 g/mol. The molecule has 0 amide bonds. The molecule has 0 aliphatic heterocycles. The van der Waals surface area contributed by atoms with Crippen molar-refractivity contribution in [3.63, 3.8) is 0 Å². The van der Waals surface area contributed by atoms with Crippen molar-refractivity contribution in [2.75, 3.05) is 13.1 Å². The smallest absolute Gasteiger partial charge is 0.0683 e. The van der Waals surface area contributed by atoms with Gasteiger partial charge in [-0.05, 0) is 53.0 Å². The molecule has 0 N–H and O–H groups in total. The van der Waals surface area contributed by atoms with Crippen molar-refractivity contribution in [1.82, 2.24) is 4.90 Å². The summed E-state index contributed by atoms with van der Waals surface area (Å²) in [6.45, 7) is 15.5. The minimum Gasteiger partial charge on any atom is -0.301 e. The molecule has 0 aromatic carbocycles. The number of rotatable bonds is 8. The molecular formula is C15H30N2. The molecule has 0 radical (unpaired) electrons. The number of hydrogen-bond acceptors (Lipinski definition) is 2. The SMILES string of the molecule is CC(C)CN(CCCCC(C)(C)C#N)C(C)C. The minimum absolute atomic E-state index is 0.152. The molecule has 0 aromatic rings. The van der Waals surface area contributed by atoms with Crippen LogP contribution in [0.2, 0.25) is 0 Å². The Balaban J connectivity index is 3.88. The zero-order valence-electron chi connectivity index (χ0n) is 12.6. The Morgan fingerprint density at radius 3 is 2.12 bits per heavy atom. The summed E-state index contributed by atoms with van der Waals surface area (Å²) in [5.41, 5.74) is -0.152. The van der Waals surface area contributed by atoms with E-state index in [-0.39, 0.29) is 5.41 Å². The van der Waals surface area contributed by atoms with Gasteiger partial charge in [-0.2, -0.15) is 5.26 Å². The number of unbranched alkanes of at least 4 members (excludes halogenated alkanes) is 1. The van der Waals surface area contributed by atoms with Crippen LogP contribution in [0.5, 0.6) is 0 Å². The molecule has 0 aliphatic carbocycles. The molecule has 100 valence electrons. The lowest BCUT2D eigenvalue weighted by Crippen LogP contribution is -2.35. The largest absolute Gasteiger partial charge is 0.301 e. The van der Waals surface area contributed by atoms with Crippen LogP contribution in [-0.2, 0) is 0 Å². The second-order valence-corrected chi connectivity index (χ2v) is 6.44. The summed E-state index contributed by atoms with van der Waals surface area (Å²) in [5, 5.41) is 8.95. The van der Waals surface area contributed by atoms with Gasteiger partial charge in [-0.1, -0.05) is 20.3 Å². The predicted molar refractivity (Wildman–Crippen MR) is 74.8 cm³/mol. The molecule has 0 aromatic heterocycles. The lowest BCUT2D eigenvalue weighted by Gasteiger charge is -2.28. The Hall–Kier alpha value is -0.550. The van der Waals surface area contributed by atoms with E-state index in [2.05, 4.69) is 38.7 Å². The second kappa shape index (κ2) is 7.71. The van der Waals surface area contributed by atoms with Gasteiger partial charge in [-0.15, -0.1) is 0 Å². The zero-order chi connectivity index (χ0) is 13.5. The monoisotopic (exact) mass is 238 g/mol. The maximum absolute atomic E-state index is 8.95. The Morgan fingerprint density at radius 2 is 1.71 bits per heavy atom. The average Bonchev–Trinajstić information content (AvgIpc) is 2.21. The topological polar surface area (TPSA) is 27.0 Å². The van der Waals surface area contributed by atoms with Gasteiger partial charge in [0.2, 0.25) is 0 Å². The molecule has 0 unspecified atom stereocenters. The van der Waals surface area contributed by atoms with Crippen molar-refractivity contribution in [3.05, 3.63) is 0 Å². The molecule has 0 saturated heterocycles. The first kappa shape index (κ1) is 16.4. The Kier molecular flexibility index (Phi) is 7.46. The Labute approximate surface area is 108 Å². The normalized spacial score (nSPS) is 12.5. The fraction of sp³-hybridized carbons (Fsp3) is 0.933. The van der Waals surface area contributed by atoms with E-state index >= 15 is 0 Å². The highest BCUT2D eigenvalue weighted by Gasteiger charge is 2.16. The first-order valence-electron chi connectivity index (χ1n) is 6.94. The van der Waals surface area contributed by atoms with Crippen LogP contribution in [0.25, 0.3) is 0 Å². The summed E-state index contributed by atoms with van der Waals surface area (Å²) < 4.78 is 0. The van der Waals surface area contributed by atoms with Gasteiger partial charge in [0.1, 0.15) is 0 Å². The van der Waals surface area contributed by atoms with Gasteiger partial charge in [-0.3, -0.25) is 0 Å². The van der Waals surface area contributed by atoms with Crippen LogP contribution < -0.4 is 0 Å². The fourth-order valence-corrected chi connectivity index (χ4v) is 1.97. The summed E-state index contributed by atoms with van der Waals surface area (Å²) in [5.74, 6) is 0.730. The maximum Gasteiger partial charge on any atom is 0.0683 e. The lowest BCUT2D eigenvalue weighted by molar-refractivity contribution is 0.191. The molecule has 0 aliphatic rings. The Bertz CT molecular complexity index is 236. The van der Waals surface area contributed by atoms with E-state index in [4.69, 9.17) is 5.26 Å². The predicted octanol–water partition coefficient (Wildman–Crippen LogP) is 4.07. The van der Waals surface area contributed by atoms with E-state index in [1.54, 1.807) is 0 Å². The van der Waals surface area contributed by atoms with Crippen molar-refractivity contribution in [2.45, 2.75) is 66.8 Å². The third-order valence-electron chi connectivity index (χ3n) is 3.13. The molecule has 2 nitrogen and oxygen atoms in total. The van der Waals surface area contributed by atoms with Crippen LogP contribution in [-0.4, -0.2) is 24.0 Å². The fourth-order valence-electron chi connectivity index (χ4n) is 1.97. The number of hydrogen-bond donors (Lipinski definition) is 0. The van der Waals surface area contributed by atoms with Crippen LogP contribution >= 0.6 is 0 Å². The van der Waals surface area contributed by atoms with Crippen molar-refractivity contribution in [3.8, 4) is 6.07 Å². The standard InChI is InChI=1S/C15H30N2/c1-13(2)11-17(14(3)4)10-8-7-9-15(5,6)12-16/h13-14H,7-11H2,1-6H3. The molecule has 0 rings (SSSR count). The van der Waals surface area contributed by atoms with Crippen LogP contribution in [0.1, 0.15) is 60.8 Å². The van der Waals surface area contributed by atoms with E-state index in [9.17, 15) is 0 Å². The molecule has 0 bridgehead atoms. The zero-order valence-corrected chi connectivity index (χ0v) is 12.6. The van der Waals surface area contributed by atoms with Gasteiger partial charge < -0.3 is 4.90 Å². The first-order valence-corrected chi connectivity index (χ1v) is 6.94. The van der Waals surface area contributed by atoms with Crippen LogP contribution in [0, 0.1) is 22.7 Å². The van der Waals surface area contributed by atoms with E-state index in [1.807, 2.05) is 13.8 Å². The van der Waals surface area contributed by atoms with E-state index in [0.29, 0.717) is 6.04 Å². The van der Waals surface area contributed by atoms with Crippen molar-refractivity contribution < 1.29 is 0 Å². The van der Waals surface area contributed by atoms with Crippen molar-refractivity contribution >= 4 is 0 Å². The van der Waals surface area contributed by atoms with Gasteiger partial charge in [0.25, 0.3) is 0 Å². The third-order valence-corrected chi connectivity index (χ3v) is 3.13. The van der Waals surface area contributed by atoms with E-state index < -0.39 is 0 Å². The summed E-state index contributed by atoms with van der Waals surface area (Å²) >= 11 is 0. The Morgan fingerprint density at radius 1 is 1.12 bits per heavy atom. The summed E-state index contributed by atoms with van der Waals surface area (Å²) in [6.07, 6.45) is 3.37. The molecule has 0 atom stereocenters. The number of nitriles is 1. The summed E-state index contributed by atoms with van der Waals surface area (Å²) in [6, 6.07) is 3.00. The highest BCUT2D eigenvalue weighted by atomic mass is 15.1. The van der Waals surface area contributed by atoms with Crippen LogP contribution in [0.15, 0.2) is 0 Å². The molecule has 0 fully saturated rings. The average molecular weight is 238 g/mol. The highest BCUT2D eigenvalue weighted by molar-refractivity contribution is 4.91. The van der Waals surface area contributed by atoms with E-state index in [1.165, 1.54) is 13.0 Å². The van der Waals surface area contributed by atoms with Crippen LogP contribution in [0.4, 0.5) is 0 Å². The molecule has 0 saturated carbocycles. The summed E-state index contributed by atoms with van der Waals surface area (Å²) in [7, 11) is 0. The van der Waals surface area contributed by atoms with E-state index in [0.717, 1.165) is 25.3 Å². The molecule has 0 heterocycles. The lowest BCUT2D eigenvalue weighted by atomic mass is 9.89. The molecule has 2 heteroatoms. The summed E-state index contributed by atoms with van der Waals surface area (Å²) in [4.78, 5) is 2.55. The highest BCUT2D eigenvalue weighted by Crippen LogP contribution is 2.21. The molecule has 17 heavy (non-hydrogen) atoms. The van der Waals surface area contributed by atoms with Crippen LogP contribution in [0.3, 0.4) is 0 Å². The van der Waals surface area contributed by atoms with Gasteiger partial charge in [0, 0.05) is 12.6 Å². The van der Waals surface area contributed by atoms with Gasteiger partial charge >= 0.3 is 0 Å². The maximum atomic E-state index is 8.95. The number of nitrogens with zero attached hydrogens (tertiary/aromatic N) is 2. The van der Waals surface area contributed by atoms with Gasteiger partial charge in [-0.25, -0.2) is 0 Å².